The Morgan fingerprint density at radius 3 is 2.85 bits per heavy atom. The fraction of sp³-hybridized carbons (Fsp3) is 0.533. The summed E-state index contributed by atoms with van der Waals surface area (Å²) >= 11 is 12.0. The number of benzene rings is 1. The molecule has 1 aliphatic rings. The van der Waals surface area contributed by atoms with Crippen LogP contribution in [0.1, 0.15) is 25.3 Å². The van der Waals surface area contributed by atoms with Crippen LogP contribution in [-0.4, -0.2) is 36.5 Å². The molecule has 1 aliphatic heterocycles. The maximum absolute atomic E-state index is 12.5. The summed E-state index contributed by atoms with van der Waals surface area (Å²) in [7, 11) is 0. The summed E-state index contributed by atoms with van der Waals surface area (Å²) in [6.07, 6.45) is 2.34. The molecule has 5 heteroatoms. The number of carbonyl (C=O) groups excluding carboxylic acids is 1. The van der Waals surface area contributed by atoms with Crippen molar-refractivity contribution in [3.63, 3.8) is 0 Å². The van der Waals surface area contributed by atoms with Crippen molar-refractivity contribution in [3.05, 3.63) is 33.8 Å². The molecule has 0 bridgehead atoms. The van der Waals surface area contributed by atoms with E-state index in [4.69, 9.17) is 23.2 Å². The van der Waals surface area contributed by atoms with Crippen LogP contribution in [0.3, 0.4) is 0 Å². The highest BCUT2D eigenvalue weighted by Crippen LogP contribution is 2.22. The number of amides is 1. The summed E-state index contributed by atoms with van der Waals surface area (Å²) in [6.45, 7) is 4.77. The van der Waals surface area contributed by atoms with E-state index in [-0.39, 0.29) is 5.91 Å². The van der Waals surface area contributed by atoms with E-state index >= 15 is 0 Å². The van der Waals surface area contributed by atoms with E-state index in [2.05, 4.69) is 12.2 Å². The molecule has 1 aromatic carbocycles. The Balaban J connectivity index is 2.07. The minimum Gasteiger partial charge on any atom is -0.338 e. The molecule has 1 heterocycles. The summed E-state index contributed by atoms with van der Waals surface area (Å²) in [5.41, 5.74) is 0.841. The molecule has 1 aromatic rings. The lowest BCUT2D eigenvalue weighted by Gasteiger charge is -2.28. The largest absolute Gasteiger partial charge is 0.338 e. The highest BCUT2D eigenvalue weighted by Gasteiger charge is 2.26. The molecular weight excluding hydrogens is 295 g/mol. The molecule has 3 nitrogen and oxygen atoms in total. The standard InChI is InChI=1S/C15H20Cl2N2O/c1-2-7-19(13-5-6-18-10-13)15(20)8-11-3-4-12(16)9-14(11)17/h3-4,9,13,18H,2,5-8,10H2,1H3. The third kappa shape index (κ3) is 3.87. The number of hydrogen-bond acceptors (Lipinski definition) is 2. The van der Waals surface area contributed by atoms with Crippen LogP contribution < -0.4 is 5.32 Å². The molecule has 1 fully saturated rings. The van der Waals surface area contributed by atoms with Gasteiger partial charge in [0.2, 0.25) is 5.91 Å². The van der Waals surface area contributed by atoms with Gasteiger partial charge in [-0.3, -0.25) is 4.79 Å². The number of hydrogen-bond donors (Lipinski definition) is 1. The fourth-order valence-electron chi connectivity index (χ4n) is 2.59. The van der Waals surface area contributed by atoms with Crippen LogP contribution in [-0.2, 0) is 11.2 Å². The van der Waals surface area contributed by atoms with Crippen LogP contribution >= 0.6 is 23.2 Å². The maximum atomic E-state index is 12.5. The van der Waals surface area contributed by atoms with Crippen molar-refractivity contribution in [1.29, 1.82) is 0 Å². The van der Waals surface area contributed by atoms with Gasteiger partial charge >= 0.3 is 0 Å². The average molecular weight is 315 g/mol. The molecule has 20 heavy (non-hydrogen) atoms. The van der Waals surface area contributed by atoms with Gasteiger partial charge in [-0.2, -0.15) is 0 Å². The number of nitrogens with zero attached hydrogens (tertiary/aromatic N) is 1. The van der Waals surface area contributed by atoms with Gasteiger partial charge in [0, 0.05) is 29.2 Å². The topological polar surface area (TPSA) is 32.3 Å². The lowest BCUT2D eigenvalue weighted by atomic mass is 10.1. The van der Waals surface area contributed by atoms with Gasteiger partial charge in [-0.1, -0.05) is 36.2 Å². The minimum absolute atomic E-state index is 0.143. The number of carbonyl (C=O) groups is 1. The molecule has 0 aliphatic carbocycles. The van der Waals surface area contributed by atoms with Gasteiger partial charge in [0.1, 0.15) is 0 Å². The van der Waals surface area contributed by atoms with Gasteiger partial charge in [-0.25, -0.2) is 0 Å². The van der Waals surface area contributed by atoms with Crippen molar-refractivity contribution in [2.24, 2.45) is 0 Å². The maximum Gasteiger partial charge on any atom is 0.227 e. The van der Waals surface area contributed by atoms with Crippen molar-refractivity contribution in [2.45, 2.75) is 32.2 Å². The zero-order chi connectivity index (χ0) is 14.5. The van der Waals surface area contributed by atoms with E-state index in [0.717, 1.165) is 38.0 Å². The molecular formula is C15H20Cl2N2O. The van der Waals surface area contributed by atoms with Gasteiger partial charge in [0.05, 0.1) is 6.42 Å². The second-order valence-corrected chi connectivity index (χ2v) is 5.99. The van der Waals surface area contributed by atoms with E-state index in [9.17, 15) is 4.79 Å². The van der Waals surface area contributed by atoms with Crippen LogP contribution in [0.2, 0.25) is 10.0 Å². The third-order valence-electron chi connectivity index (χ3n) is 3.62. The Kier molecular flexibility index (Phi) is 5.70. The van der Waals surface area contributed by atoms with Crippen molar-refractivity contribution < 1.29 is 4.79 Å². The number of halogens is 2. The lowest BCUT2D eigenvalue weighted by Crippen LogP contribution is -2.42. The molecule has 1 N–H and O–H groups in total. The Morgan fingerprint density at radius 2 is 2.25 bits per heavy atom. The third-order valence-corrected chi connectivity index (χ3v) is 4.20. The molecule has 1 unspecified atom stereocenters. The van der Waals surface area contributed by atoms with Crippen molar-refractivity contribution in [3.8, 4) is 0 Å². The van der Waals surface area contributed by atoms with Crippen molar-refractivity contribution in [2.75, 3.05) is 19.6 Å². The second kappa shape index (κ2) is 7.30. The Hall–Kier alpha value is -0.770. The van der Waals surface area contributed by atoms with E-state index < -0.39 is 0 Å². The molecule has 0 saturated carbocycles. The van der Waals surface area contributed by atoms with Gasteiger partial charge in [0.15, 0.2) is 0 Å². The highest BCUT2D eigenvalue weighted by molar-refractivity contribution is 6.35. The predicted octanol–water partition coefficient (Wildman–Crippen LogP) is 3.14. The summed E-state index contributed by atoms with van der Waals surface area (Å²) < 4.78 is 0. The molecule has 0 aromatic heterocycles. The van der Waals surface area contributed by atoms with Gasteiger partial charge in [-0.05, 0) is 37.1 Å². The molecule has 1 amide bonds. The van der Waals surface area contributed by atoms with Crippen molar-refractivity contribution in [1.82, 2.24) is 10.2 Å². The zero-order valence-electron chi connectivity index (χ0n) is 11.7. The predicted molar refractivity (Wildman–Crippen MR) is 83.4 cm³/mol. The first-order valence-electron chi connectivity index (χ1n) is 7.06. The summed E-state index contributed by atoms with van der Waals surface area (Å²) in [6, 6.07) is 5.61. The Bertz CT molecular complexity index is 473. The fourth-order valence-corrected chi connectivity index (χ4v) is 3.06. The van der Waals surface area contributed by atoms with Gasteiger partial charge in [0.25, 0.3) is 0 Å². The lowest BCUT2D eigenvalue weighted by molar-refractivity contribution is -0.132. The molecule has 0 spiro atoms. The number of rotatable bonds is 5. The first kappa shape index (κ1) is 15.6. The van der Waals surface area contributed by atoms with E-state index in [1.54, 1.807) is 12.1 Å². The summed E-state index contributed by atoms with van der Waals surface area (Å²) in [5, 5.41) is 4.47. The van der Waals surface area contributed by atoms with Crippen LogP contribution in [0.5, 0.6) is 0 Å². The smallest absolute Gasteiger partial charge is 0.227 e. The van der Waals surface area contributed by atoms with Crippen LogP contribution in [0.25, 0.3) is 0 Å². The quantitative estimate of drug-likeness (QED) is 0.905. The molecule has 1 saturated heterocycles. The second-order valence-electron chi connectivity index (χ2n) is 5.15. The first-order valence-corrected chi connectivity index (χ1v) is 7.81. The normalized spacial score (nSPS) is 18.2. The van der Waals surface area contributed by atoms with Gasteiger partial charge < -0.3 is 10.2 Å². The average Bonchev–Trinajstić information content (AvgIpc) is 2.92. The minimum atomic E-state index is 0.143. The first-order chi connectivity index (χ1) is 9.61. The van der Waals surface area contributed by atoms with Crippen LogP contribution in [0.15, 0.2) is 18.2 Å². The van der Waals surface area contributed by atoms with E-state index in [1.807, 2.05) is 11.0 Å². The van der Waals surface area contributed by atoms with Crippen LogP contribution in [0, 0.1) is 0 Å². The highest BCUT2D eigenvalue weighted by atomic mass is 35.5. The molecule has 1 atom stereocenters. The monoisotopic (exact) mass is 314 g/mol. The van der Waals surface area contributed by atoms with Crippen molar-refractivity contribution >= 4 is 29.1 Å². The SMILES string of the molecule is CCCN(C(=O)Cc1ccc(Cl)cc1Cl)C1CCNC1. The van der Waals surface area contributed by atoms with E-state index in [1.165, 1.54) is 0 Å². The zero-order valence-corrected chi connectivity index (χ0v) is 13.2. The van der Waals surface area contributed by atoms with Crippen LogP contribution in [0.4, 0.5) is 0 Å². The Morgan fingerprint density at radius 1 is 1.45 bits per heavy atom. The molecule has 110 valence electrons. The molecule has 2 rings (SSSR count). The van der Waals surface area contributed by atoms with Gasteiger partial charge in [-0.15, -0.1) is 0 Å². The summed E-state index contributed by atoms with van der Waals surface area (Å²) in [5.74, 6) is 0.143. The molecule has 0 radical (unpaired) electrons. The number of nitrogens with one attached hydrogen (secondary N) is 1. The summed E-state index contributed by atoms with van der Waals surface area (Å²) in [4.78, 5) is 14.5. The van der Waals surface area contributed by atoms with E-state index in [0.29, 0.717) is 22.5 Å². The Labute approximate surface area is 130 Å².